The summed E-state index contributed by atoms with van der Waals surface area (Å²) in [4.78, 5) is 4.46. The molecule has 3 heteroatoms. The Kier molecular flexibility index (Phi) is 3.38. The highest BCUT2D eigenvalue weighted by atomic mass is 16.5. The van der Waals surface area contributed by atoms with Gasteiger partial charge in [0.2, 0.25) is 0 Å². The number of pyridine rings is 1. The highest BCUT2D eigenvalue weighted by Gasteiger charge is 2.51. The quantitative estimate of drug-likeness (QED) is 0.924. The normalized spacial score (nSPS) is 29.1. The van der Waals surface area contributed by atoms with Crippen molar-refractivity contribution in [1.82, 2.24) is 10.3 Å². The molecule has 2 aromatic rings. The molecule has 0 aliphatic heterocycles. The summed E-state index contributed by atoms with van der Waals surface area (Å²) in [6.07, 6.45) is 4.26. The number of ether oxygens (including phenoxy) is 1. The molecule has 1 saturated carbocycles. The molecule has 0 saturated heterocycles. The first-order chi connectivity index (χ1) is 9.69. The first kappa shape index (κ1) is 13.4. The minimum Gasteiger partial charge on any atom is -0.487 e. The molecule has 20 heavy (non-hydrogen) atoms. The van der Waals surface area contributed by atoms with Crippen LogP contribution >= 0.6 is 0 Å². The molecule has 1 heterocycles. The van der Waals surface area contributed by atoms with E-state index in [0.717, 1.165) is 29.5 Å². The third-order valence-corrected chi connectivity index (χ3v) is 4.96. The van der Waals surface area contributed by atoms with Crippen molar-refractivity contribution in [2.75, 3.05) is 7.05 Å². The molecule has 1 aromatic heterocycles. The van der Waals surface area contributed by atoms with Gasteiger partial charge in [-0.2, -0.15) is 0 Å². The minimum atomic E-state index is 0.200. The van der Waals surface area contributed by atoms with Crippen molar-refractivity contribution in [3.05, 3.63) is 36.5 Å². The Balaban J connectivity index is 1.88. The zero-order valence-corrected chi connectivity index (χ0v) is 12.4. The molecule has 3 nitrogen and oxygen atoms in total. The van der Waals surface area contributed by atoms with E-state index in [9.17, 15) is 0 Å². The summed E-state index contributed by atoms with van der Waals surface area (Å²) in [5.74, 6) is 0.905. The fraction of sp³-hybridized carbons (Fsp3) is 0.471. The summed E-state index contributed by atoms with van der Waals surface area (Å²) in [5.41, 5.74) is 1.16. The van der Waals surface area contributed by atoms with E-state index in [4.69, 9.17) is 4.74 Å². The van der Waals surface area contributed by atoms with E-state index in [1.165, 1.54) is 0 Å². The van der Waals surface area contributed by atoms with Crippen molar-refractivity contribution in [2.45, 2.75) is 38.8 Å². The number of hydrogen-bond acceptors (Lipinski definition) is 3. The van der Waals surface area contributed by atoms with Crippen LogP contribution in [0.5, 0.6) is 5.75 Å². The van der Waals surface area contributed by atoms with Crippen molar-refractivity contribution >= 4 is 10.9 Å². The molecule has 3 unspecified atom stereocenters. The van der Waals surface area contributed by atoms with Crippen LogP contribution in [0.1, 0.15) is 26.7 Å². The van der Waals surface area contributed by atoms with Crippen LogP contribution < -0.4 is 10.1 Å². The lowest BCUT2D eigenvalue weighted by molar-refractivity contribution is -0.0670. The molecule has 0 radical (unpaired) electrons. The fourth-order valence-electron chi connectivity index (χ4n) is 3.25. The standard InChI is InChI=1S/C17H22N2O/c1-4-17(2)14(18-3)11-15(17)20-13-9-5-7-12-8-6-10-19-16(12)13/h5-10,14-15,18H,4,11H2,1-3H3. The van der Waals surface area contributed by atoms with Gasteiger partial charge in [0.25, 0.3) is 0 Å². The topological polar surface area (TPSA) is 34.1 Å². The molecule has 0 spiro atoms. The average Bonchev–Trinajstić information content (AvgIpc) is 2.50. The largest absolute Gasteiger partial charge is 0.487 e. The maximum atomic E-state index is 6.30. The number of nitrogens with zero attached hydrogens (tertiary/aromatic N) is 1. The van der Waals surface area contributed by atoms with Crippen LogP contribution in [-0.2, 0) is 0 Å². The monoisotopic (exact) mass is 270 g/mol. The van der Waals surface area contributed by atoms with Gasteiger partial charge in [-0.25, -0.2) is 0 Å². The second-order valence-electron chi connectivity index (χ2n) is 5.87. The molecule has 0 bridgehead atoms. The van der Waals surface area contributed by atoms with Gasteiger partial charge in [-0.1, -0.05) is 32.0 Å². The van der Waals surface area contributed by atoms with E-state index >= 15 is 0 Å². The minimum absolute atomic E-state index is 0.200. The van der Waals surface area contributed by atoms with Crippen LogP contribution in [0.25, 0.3) is 10.9 Å². The third kappa shape index (κ3) is 1.97. The molecule has 3 atom stereocenters. The lowest BCUT2D eigenvalue weighted by Gasteiger charge is -2.53. The van der Waals surface area contributed by atoms with E-state index in [0.29, 0.717) is 6.04 Å². The van der Waals surface area contributed by atoms with E-state index in [-0.39, 0.29) is 11.5 Å². The number of benzene rings is 1. The van der Waals surface area contributed by atoms with Crippen LogP contribution in [0.2, 0.25) is 0 Å². The van der Waals surface area contributed by atoms with Crippen molar-refractivity contribution in [2.24, 2.45) is 5.41 Å². The van der Waals surface area contributed by atoms with Crippen molar-refractivity contribution in [1.29, 1.82) is 0 Å². The van der Waals surface area contributed by atoms with Crippen molar-refractivity contribution < 1.29 is 4.74 Å². The molecule has 1 N–H and O–H groups in total. The Bertz CT molecular complexity index is 607. The van der Waals surface area contributed by atoms with Crippen LogP contribution in [0.4, 0.5) is 0 Å². The van der Waals surface area contributed by atoms with E-state index in [1.807, 2.05) is 31.4 Å². The molecule has 106 valence electrons. The number of fused-ring (bicyclic) bond motifs is 1. The summed E-state index contributed by atoms with van der Waals surface area (Å²) >= 11 is 0. The first-order valence-corrected chi connectivity index (χ1v) is 7.36. The van der Waals surface area contributed by atoms with Crippen LogP contribution in [0, 0.1) is 5.41 Å². The second-order valence-corrected chi connectivity index (χ2v) is 5.87. The Morgan fingerprint density at radius 2 is 2.15 bits per heavy atom. The van der Waals surface area contributed by atoms with Gasteiger partial charge < -0.3 is 10.1 Å². The van der Waals surface area contributed by atoms with Gasteiger partial charge in [0.05, 0.1) is 0 Å². The lowest BCUT2D eigenvalue weighted by Crippen LogP contribution is -2.62. The Hall–Kier alpha value is -1.61. The van der Waals surface area contributed by atoms with Gasteiger partial charge in [0, 0.05) is 29.5 Å². The maximum absolute atomic E-state index is 6.30. The summed E-state index contributed by atoms with van der Waals surface area (Å²) in [6.45, 7) is 4.54. The summed E-state index contributed by atoms with van der Waals surface area (Å²) in [6, 6.07) is 10.7. The zero-order chi connectivity index (χ0) is 14.2. The molecule has 1 aliphatic rings. The second kappa shape index (κ2) is 5.06. The molecule has 1 aliphatic carbocycles. The number of nitrogens with one attached hydrogen (secondary N) is 1. The van der Waals surface area contributed by atoms with Gasteiger partial charge in [0.15, 0.2) is 0 Å². The third-order valence-electron chi connectivity index (χ3n) is 4.96. The molecule has 0 amide bonds. The van der Waals surface area contributed by atoms with Crippen LogP contribution in [0.15, 0.2) is 36.5 Å². The smallest absolute Gasteiger partial charge is 0.145 e. The van der Waals surface area contributed by atoms with Crippen LogP contribution in [0.3, 0.4) is 0 Å². The average molecular weight is 270 g/mol. The first-order valence-electron chi connectivity index (χ1n) is 7.36. The highest BCUT2D eigenvalue weighted by Crippen LogP contribution is 2.46. The number of aromatic nitrogens is 1. The maximum Gasteiger partial charge on any atom is 0.145 e. The Morgan fingerprint density at radius 3 is 2.90 bits per heavy atom. The predicted octanol–water partition coefficient (Wildman–Crippen LogP) is 3.39. The molecular formula is C17H22N2O. The van der Waals surface area contributed by atoms with Gasteiger partial charge in [-0.05, 0) is 25.6 Å². The number of rotatable bonds is 4. The highest BCUT2D eigenvalue weighted by molar-refractivity contribution is 5.84. The zero-order valence-electron chi connectivity index (χ0n) is 12.4. The Morgan fingerprint density at radius 1 is 1.35 bits per heavy atom. The van der Waals surface area contributed by atoms with Crippen LogP contribution in [-0.4, -0.2) is 24.2 Å². The SMILES string of the molecule is CCC1(C)C(NC)CC1Oc1cccc2cccnc12. The molecule has 1 aromatic carbocycles. The van der Waals surface area contributed by atoms with Crippen molar-refractivity contribution in [3.63, 3.8) is 0 Å². The van der Waals surface area contributed by atoms with E-state index in [2.05, 4.69) is 36.3 Å². The fourth-order valence-corrected chi connectivity index (χ4v) is 3.25. The van der Waals surface area contributed by atoms with Gasteiger partial charge in [0.1, 0.15) is 17.4 Å². The Labute approximate surface area is 120 Å². The summed E-state index contributed by atoms with van der Waals surface area (Å²) < 4.78 is 6.30. The van der Waals surface area contributed by atoms with Gasteiger partial charge in [-0.15, -0.1) is 0 Å². The predicted molar refractivity (Wildman–Crippen MR) is 82.0 cm³/mol. The van der Waals surface area contributed by atoms with E-state index < -0.39 is 0 Å². The molecular weight excluding hydrogens is 248 g/mol. The number of hydrogen-bond donors (Lipinski definition) is 1. The van der Waals surface area contributed by atoms with Gasteiger partial charge in [-0.3, -0.25) is 4.98 Å². The lowest BCUT2D eigenvalue weighted by atomic mass is 9.61. The molecule has 3 rings (SSSR count). The van der Waals surface area contributed by atoms with E-state index in [1.54, 1.807) is 0 Å². The summed E-state index contributed by atoms with van der Waals surface area (Å²) in [7, 11) is 2.04. The van der Waals surface area contributed by atoms with Crippen molar-refractivity contribution in [3.8, 4) is 5.75 Å². The van der Waals surface area contributed by atoms with Gasteiger partial charge >= 0.3 is 0 Å². The molecule has 1 fully saturated rings. The number of para-hydroxylation sites is 1. The summed E-state index contributed by atoms with van der Waals surface area (Å²) in [5, 5.41) is 4.53.